The molecular formula is C25H28F2N6O2. The molecular weight excluding hydrogens is 454 g/mol. The molecule has 8 nitrogen and oxygen atoms in total. The van der Waals surface area contributed by atoms with Gasteiger partial charge in [-0.25, -0.2) is 9.97 Å². The van der Waals surface area contributed by atoms with Crippen LogP contribution in [-0.4, -0.2) is 55.8 Å². The number of anilines is 2. The highest BCUT2D eigenvalue weighted by atomic mass is 19.3. The maximum atomic E-state index is 14.1. The van der Waals surface area contributed by atoms with Gasteiger partial charge in [0.1, 0.15) is 18.2 Å². The van der Waals surface area contributed by atoms with Gasteiger partial charge in [0.15, 0.2) is 0 Å². The molecule has 0 aliphatic carbocycles. The number of β-amino-alcohol motifs (C(OH)–C–C–N with tert-alkyl or cyclic N) is 1. The largest absolute Gasteiger partial charge is 0.391 e. The summed E-state index contributed by atoms with van der Waals surface area (Å²) in [5.74, 6) is -2.15. The van der Waals surface area contributed by atoms with Gasteiger partial charge in [-0.05, 0) is 38.0 Å². The average molecular weight is 483 g/mol. The van der Waals surface area contributed by atoms with E-state index >= 15 is 0 Å². The molecule has 2 atom stereocenters. The minimum atomic E-state index is -3.31. The van der Waals surface area contributed by atoms with Crippen LogP contribution in [0.2, 0.25) is 0 Å². The van der Waals surface area contributed by atoms with E-state index in [2.05, 4.69) is 20.3 Å². The van der Waals surface area contributed by atoms with Crippen LogP contribution in [0.5, 0.6) is 0 Å². The van der Waals surface area contributed by atoms with Crippen LogP contribution < -0.4 is 10.2 Å². The molecule has 3 N–H and O–H groups in total. The molecule has 0 radical (unpaired) electrons. The predicted molar refractivity (Wildman–Crippen MR) is 131 cm³/mol. The van der Waals surface area contributed by atoms with E-state index < -0.39 is 12.5 Å². The monoisotopic (exact) mass is 482 g/mol. The quantitative estimate of drug-likeness (QED) is 0.386. The Morgan fingerprint density at radius 3 is 2.74 bits per heavy atom. The van der Waals surface area contributed by atoms with Crippen molar-refractivity contribution in [1.29, 1.82) is 0 Å². The van der Waals surface area contributed by atoms with Crippen LogP contribution in [0.4, 0.5) is 20.3 Å². The van der Waals surface area contributed by atoms with Crippen LogP contribution in [0.1, 0.15) is 36.3 Å². The Labute approximate surface area is 201 Å². The molecule has 10 heteroatoms. The van der Waals surface area contributed by atoms with Gasteiger partial charge in [-0.3, -0.25) is 4.68 Å². The van der Waals surface area contributed by atoms with E-state index in [9.17, 15) is 13.9 Å². The number of aliphatic hydroxyl groups excluding tert-OH is 2. The van der Waals surface area contributed by atoms with Gasteiger partial charge in [-0.15, -0.1) is 0 Å². The summed E-state index contributed by atoms with van der Waals surface area (Å²) < 4.78 is 29.9. The zero-order valence-corrected chi connectivity index (χ0v) is 19.8. The number of aliphatic hydroxyl groups is 2. The van der Waals surface area contributed by atoms with Gasteiger partial charge in [-0.1, -0.05) is 18.2 Å². The van der Waals surface area contributed by atoms with Crippen molar-refractivity contribution in [2.24, 2.45) is 7.05 Å². The van der Waals surface area contributed by atoms with Crippen molar-refractivity contribution in [2.75, 3.05) is 29.9 Å². The number of aryl methyl sites for hydroxylation is 2. The lowest BCUT2D eigenvalue weighted by Crippen LogP contribution is -2.22. The molecule has 0 amide bonds. The fourth-order valence-corrected chi connectivity index (χ4v) is 4.77. The molecule has 1 aliphatic heterocycles. The molecule has 1 fully saturated rings. The number of alkyl halides is 2. The van der Waals surface area contributed by atoms with Crippen molar-refractivity contribution >= 4 is 33.3 Å². The molecule has 0 spiro atoms. The van der Waals surface area contributed by atoms with Crippen molar-refractivity contribution < 1.29 is 19.0 Å². The molecule has 5 rings (SSSR count). The second-order valence-corrected chi connectivity index (χ2v) is 9.18. The smallest absolute Gasteiger partial charge is 0.295 e. The second kappa shape index (κ2) is 8.69. The molecule has 35 heavy (non-hydrogen) atoms. The van der Waals surface area contributed by atoms with Crippen LogP contribution in [0, 0.1) is 6.92 Å². The lowest BCUT2D eigenvalue weighted by Gasteiger charge is -2.22. The Morgan fingerprint density at radius 2 is 2.03 bits per heavy atom. The summed E-state index contributed by atoms with van der Waals surface area (Å²) >= 11 is 0. The first-order valence-corrected chi connectivity index (χ1v) is 11.6. The van der Waals surface area contributed by atoms with Gasteiger partial charge in [0.2, 0.25) is 0 Å². The van der Waals surface area contributed by atoms with Gasteiger partial charge in [0.25, 0.3) is 5.92 Å². The Balaban J connectivity index is 1.61. The summed E-state index contributed by atoms with van der Waals surface area (Å²) in [5, 5.41) is 28.7. The van der Waals surface area contributed by atoms with E-state index in [1.165, 1.54) is 12.1 Å². The molecule has 2 unspecified atom stereocenters. The van der Waals surface area contributed by atoms with Crippen molar-refractivity contribution in [2.45, 2.75) is 38.3 Å². The average Bonchev–Trinajstić information content (AvgIpc) is 3.45. The first-order chi connectivity index (χ1) is 16.7. The number of benzene rings is 2. The molecule has 1 aliphatic rings. The maximum Gasteiger partial charge on any atom is 0.295 e. The highest BCUT2D eigenvalue weighted by Gasteiger charge is 2.31. The SMILES string of the molecule is Cc1nc(NC(C)c2cccc(C(F)(F)CO)c2)c2cc(N3CCC(O)C3)c3c(cnn3C)c2n1. The Bertz CT molecular complexity index is 1410. The van der Waals surface area contributed by atoms with Crippen molar-refractivity contribution in [1.82, 2.24) is 19.7 Å². The zero-order valence-electron chi connectivity index (χ0n) is 19.8. The summed E-state index contributed by atoms with van der Waals surface area (Å²) in [5.41, 5.74) is 3.03. The number of rotatable bonds is 6. The Hall–Kier alpha value is -3.37. The third-order valence-electron chi connectivity index (χ3n) is 6.64. The van der Waals surface area contributed by atoms with E-state index in [1.807, 2.05) is 31.6 Å². The third-order valence-corrected chi connectivity index (χ3v) is 6.64. The van der Waals surface area contributed by atoms with Gasteiger partial charge >= 0.3 is 0 Å². The summed E-state index contributed by atoms with van der Waals surface area (Å²) in [6.45, 7) is 3.70. The van der Waals surface area contributed by atoms with Crippen molar-refractivity contribution in [3.05, 3.63) is 53.5 Å². The van der Waals surface area contributed by atoms with Gasteiger partial charge in [-0.2, -0.15) is 13.9 Å². The van der Waals surface area contributed by atoms with E-state index in [0.717, 1.165) is 34.0 Å². The Kier molecular flexibility index (Phi) is 5.80. The predicted octanol–water partition coefficient (Wildman–Crippen LogP) is 3.65. The lowest BCUT2D eigenvalue weighted by atomic mass is 10.0. The van der Waals surface area contributed by atoms with E-state index in [-0.39, 0.29) is 17.7 Å². The Morgan fingerprint density at radius 1 is 1.23 bits per heavy atom. The van der Waals surface area contributed by atoms with Crippen LogP contribution in [0.3, 0.4) is 0 Å². The van der Waals surface area contributed by atoms with Crippen LogP contribution in [0.25, 0.3) is 21.8 Å². The van der Waals surface area contributed by atoms with Crippen molar-refractivity contribution in [3.8, 4) is 0 Å². The number of nitrogens with zero attached hydrogens (tertiary/aromatic N) is 5. The zero-order chi connectivity index (χ0) is 24.9. The van der Waals surface area contributed by atoms with Crippen LogP contribution in [0.15, 0.2) is 36.5 Å². The second-order valence-electron chi connectivity index (χ2n) is 9.18. The number of halogens is 2. The molecule has 4 aromatic rings. The number of hydrogen-bond donors (Lipinski definition) is 3. The van der Waals surface area contributed by atoms with Crippen molar-refractivity contribution in [3.63, 3.8) is 0 Å². The number of fused-ring (bicyclic) bond motifs is 3. The fourth-order valence-electron chi connectivity index (χ4n) is 4.77. The molecule has 2 aromatic heterocycles. The number of hydrogen-bond acceptors (Lipinski definition) is 7. The molecule has 0 bridgehead atoms. The van der Waals surface area contributed by atoms with E-state index in [4.69, 9.17) is 10.1 Å². The summed E-state index contributed by atoms with van der Waals surface area (Å²) in [6, 6.07) is 7.71. The highest BCUT2D eigenvalue weighted by molar-refractivity contribution is 6.12. The first kappa shape index (κ1) is 23.4. The number of aromatic nitrogens is 4. The minimum Gasteiger partial charge on any atom is -0.391 e. The maximum absolute atomic E-state index is 14.1. The first-order valence-electron chi connectivity index (χ1n) is 11.6. The van der Waals surface area contributed by atoms with E-state index in [1.54, 1.807) is 18.3 Å². The molecule has 184 valence electrons. The van der Waals surface area contributed by atoms with E-state index in [0.29, 0.717) is 30.2 Å². The minimum absolute atomic E-state index is 0.234. The van der Waals surface area contributed by atoms with Gasteiger partial charge in [0, 0.05) is 42.5 Å². The fraction of sp³-hybridized carbons (Fsp3) is 0.400. The third kappa shape index (κ3) is 4.17. The number of nitrogens with one attached hydrogen (secondary N) is 1. The normalized spacial score (nSPS) is 17.5. The van der Waals surface area contributed by atoms with Crippen LogP contribution >= 0.6 is 0 Å². The molecule has 2 aromatic carbocycles. The topological polar surface area (TPSA) is 99.3 Å². The summed E-state index contributed by atoms with van der Waals surface area (Å²) in [6.07, 6.45) is 2.09. The molecule has 0 saturated carbocycles. The standard InChI is InChI=1S/C25H28F2N6O2/c1-14(16-5-4-6-17(9-16)25(26,27)13-34)29-24-19-10-21(33-8-7-18(35)12-33)23-20(11-28-32(23)3)22(19)30-15(2)31-24/h4-6,9-11,14,18,34-35H,7-8,12-13H2,1-3H3,(H,29,30,31). The molecule has 3 heterocycles. The van der Waals surface area contributed by atoms with Crippen LogP contribution in [-0.2, 0) is 13.0 Å². The van der Waals surface area contributed by atoms with Gasteiger partial charge in [0.05, 0.1) is 29.0 Å². The summed E-state index contributed by atoms with van der Waals surface area (Å²) in [4.78, 5) is 11.5. The highest BCUT2D eigenvalue weighted by Crippen LogP contribution is 2.38. The molecule has 1 saturated heterocycles. The summed E-state index contributed by atoms with van der Waals surface area (Å²) in [7, 11) is 1.88. The van der Waals surface area contributed by atoms with Gasteiger partial charge < -0.3 is 20.4 Å². The lowest BCUT2D eigenvalue weighted by molar-refractivity contribution is -0.0556.